The molecule has 0 atom stereocenters. The van der Waals surface area contributed by atoms with E-state index in [-0.39, 0.29) is 4.47 Å². The van der Waals surface area contributed by atoms with Gasteiger partial charge in [0.1, 0.15) is 0 Å². The van der Waals surface area contributed by atoms with Gasteiger partial charge in [0.25, 0.3) is 0 Å². The Morgan fingerprint density at radius 3 is 2.56 bits per heavy atom. The predicted molar refractivity (Wildman–Crippen MR) is 59.0 cm³/mol. The number of nitrogens with one attached hydrogen (secondary N) is 1. The maximum Gasteiger partial charge on any atom is 0.417 e. The van der Waals surface area contributed by atoms with Crippen molar-refractivity contribution in [3.8, 4) is 0 Å². The van der Waals surface area contributed by atoms with Crippen molar-refractivity contribution in [2.45, 2.75) is 31.6 Å². The van der Waals surface area contributed by atoms with E-state index < -0.39 is 11.7 Å². The molecule has 0 aromatic heterocycles. The van der Waals surface area contributed by atoms with Gasteiger partial charge in [-0.2, -0.15) is 13.2 Å². The summed E-state index contributed by atoms with van der Waals surface area (Å²) in [6, 6.07) is 4.85. The highest BCUT2D eigenvalue weighted by atomic mass is 79.9. The molecule has 0 aliphatic heterocycles. The summed E-state index contributed by atoms with van der Waals surface area (Å²) in [5, 5.41) is 3.19. The van der Waals surface area contributed by atoms with Crippen LogP contribution >= 0.6 is 15.9 Å². The van der Waals surface area contributed by atoms with E-state index in [1.807, 2.05) is 0 Å². The van der Waals surface area contributed by atoms with Gasteiger partial charge in [0, 0.05) is 17.1 Å². The fourth-order valence-electron chi connectivity index (χ4n) is 1.45. The summed E-state index contributed by atoms with van der Waals surface area (Å²) in [6.45, 7) is 0.501. The van der Waals surface area contributed by atoms with Gasteiger partial charge in [-0.05, 0) is 30.5 Å². The summed E-state index contributed by atoms with van der Waals surface area (Å²) in [4.78, 5) is 0. The number of rotatable bonds is 3. The van der Waals surface area contributed by atoms with Crippen molar-refractivity contribution in [2.24, 2.45) is 0 Å². The minimum absolute atomic E-state index is 0.0928. The van der Waals surface area contributed by atoms with Crippen LogP contribution in [0.3, 0.4) is 0 Å². The molecule has 0 saturated heterocycles. The molecule has 0 radical (unpaired) electrons. The van der Waals surface area contributed by atoms with Gasteiger partial charge in [-0.3, -0.25) is 0 Å². The Morgan fingerprint density at radius 2 is 2.00 bits per heavy atom. The first-order valence-electron chi connectivity index (χ1n) is 5.06. The molecule has 0 amide bonds. The minimum atomic E-state index is -4.30. The summed E-state index contributed by atoms with van der Waals surface area (Å²) in [5.41, 5.74) is 0.0602. The molecule has 0 unspecified atom stereocenters. The van der Waals surface area contributed by atoms with Crippen molar-refractivity contribution in [1.82, 2.24) is 5.32 Å². The second-order valence-electron chi connectivity index (χ2n) is 3.97. The zero-order chi connectivity index (χ0) is 11.8. The van der Waals surface area contributed by atoms with Gasteiger partial charge in [0.2, 0.25) is 0 Å². The van der Waals surface area contributed by atoms with Crippen LogP contribution in [0.4, 0.5) is 13.2 Å². The van der Waals surface area contributed by atoms with Crippen molar-refractivity contribution in [3.05, 3.63) is 33.8 Å². The molecular weight excluding hydrogens is 283 g/mol. The third-order valence-corrected chi connectivity index (χ3v) is 3.20. The molecule has 1 aliphatic carbocycles. The average molecular weight is 294 g/mol. The molecule has 0 spiro atoms. The molecule has 1 fully saturated rings. The third-order valence-electron chi connectivity index (χ3n) is 2.51. The number of benzene rings is 1. The van der Waals surface area contributed by atoms with Crippen LogP contribution in [0.2, 0.25) is 0 Å². The molecule has 2 rings (SSSR count). The summed E-state index contributed by atoms with van der Waals surface area (Å²) >= 11 is 2.92. The summed E-state index contributed by atoms with van der Waals surface area (Å²) in [5.74, 6) is 0. The molecule has 1 aromatic carbocycles. The topological polar surface area (TPSA) is 12.0 Å². The summed E-state index contributed by atoms with van der Waals surface area (Å²) in [7, 11) is 0. The Bertz CT molecular complexity index is 385. The number of halogens is 4. The van der Waals surface area contributed by atoms with E-state index in [9.17, 15) is 13.2 Å². The Labute approximate surface area is 100 Å². The van der Waals surface area contributed by atoms with Crippen molar-refractivity contribution >= 4 is 15.9 Å². The molecule has 0 bridgehead atoms. The van der Waals surface area contributed by atoms with E-state index in [4.69, 9.17) is 0 Å². The van der Waals surface area contributed by atoms with E-state index in [2.05, 4.69) is 21.2 Å². The van der Waals surface area contributed by atoms with E-state index in [1.165, 1.54) is 12.1 Å². The van der Waals surface area contributed by atoms with Gasteiger partial charge in [0.05, 0.1) is 5.56 Å². The molecule has 1 N–H and O–H groups in total. The lowest BCUT2D eigenvalue weighted by atomic mass is 10.1. The Kier molecular flexibility index (Phi) is 3.26. The lowest BCUT2D eigenvalue weighted by Gasteiger charge is -2.11. The fourth-order valence-corrected chi connectivity index (χ4v) is 1.92. The molecule has 1 nitrogen and oxygen atoms in total. The highest BCUT2D eigenvalue weighted by Crippen LogP contribution is 2.35. The molecule has 1 aliphatic rings. The van der Waals surface area contributed by atoms with Crippen LogP contribution in [0.15, 0.2) is 22.7 Å². The molecule has 1 saturated carbocycles. The first kappa shape index (κ1) is 11.9. The van der Waals surface area contributed by atoms with Crippen LogP contribution in [-0.2, 0) is 12.7 Å². The highest BCUT2D eigenvalue weighted by molar-refractivity contribution is 9.10. The maximum atomic E-state index is 12.6. The second kappa shape index (κ2) is 4.37. The van der Waals surface area contributed by atoms with E-state index >= 15 is 0 Å². The van der Waals surface area contributed by atoms with Gasteiger partial charge < -0.3 is 5.32 Å². The van der Waals surface area contributed by atoms with Gasteiger partial charge in [-0.25, -0.2) is 0 Å². The molecule has 5 heteroatoms. The van der Waals surface area contributed by atoms with Gasteiger partial charge in [-0.1, -0.05) is 22.0 Å². The highest BCUT2D eigenvalue weighted by Gasteiger charge is 2.33. The van der Waals surface area contributed by atoms with Gasteiger partial charge >= 0.3 is 6.18 Å². The van der Waals surface area contributed by atoms with Crippen LogP contribution in [0.1, 0.15) is 24.0 Å². The third kappa shape index (κ3) is 2.98. The van der Waals surface area contributed by atoms with E-state index in [0.29, 0.717) is 18.2 Å². The van der Waals surface area contributed by atoms with Crippen LogP contribution in [0.5, 0.6) is 0 Å². The first-order chi connectivity index (χ1) is 7.47. The largest absolute Gasteiger partial charge is 0.417 e. The zero-order valence-corrected chi connectivity index (χ0v) is 10.0. The van der Waals surface area contributed by atoms with E-state index in [1.54, 1.807) is 6.07 Å². The second-order valence-corrected chi connectivity index (χ2v) is 4.82. The molecular formula is C11H11BrF3N. The normalized spacial score (nSPS) is 16.5. The van der Waals surface area contributed by atoms with Crippen LogP contribution < -0.4 is 5.32 Å². The Hall–Kier alpha value is -0.550. The SMILES string of the molecule is FC(F)(F)c1cc(CNC2CC2)ccc1Br. The Balaban J connectivity index is 2.13. The number of alkyl halides is 3. The molecule has 88 valence electrons. The van der Waals surface area contributed by atoms with Crippen LogP contribution in [0, 0.1) is 0 Å². The molecule has 0 heterocycles. The quantitative estimate of drug-likeness (QED) is 0.896. The minimum Gasteiger partial charge on any atom is -0.310 e. The van der Waals surface area contributed by atoms with Crippen LogP contribution in [-0.4, -0.2) is 6.04 Å². The molecule has 1 aromatic rings. The maximum absolute atomic E-state index is 12.6. The van der Waals surface area contributed by atoms with Gasteiger partial charge in [0.15, 0.2) is 0 Å². The smallest absolute Gasteiger partial charge is 0.310 e. The molecule has 16 heavy (non-hydrogen) atoms. The van der Waals surface area contributed by atoms with E-state index in [0.717, 1.165) is 12.8 Å². The number of hydrogen-bond donors (Lipinski definition) is 1. The summed E-state index contributed by atoms with van der Waals surface area (Å²) in [6.07, 6.45) is -2.04. The first-order valence-corrected chi connectivity index (χ1v) is 5.85. The van der Waals surface area contributed by atoms with Crippen molar-refractivity contribution in [1.29, 1.82) is 0 Å². The summed E-state index contributed by atoms with van der Waals surface area (Å²) < 4.78 is 37.9. The lowest BCUT2D eigenvalue weighted by Crippen LogP contribution is -2.16. The van der Waals surface area contributed by atoms with Crippen molar-refractivity contribution < 1.29 is 13.2 Å². The predicted octanol–water partition coefficient (Wildman–Crippen LogP) is 3.72. The monoisotopic (exact) mass is 293 g/mol. The zero-order valence-electron chi connectivity index (χ0n) is 8.44. The van der Waals surface area contributed by atoms with Crippen LogP contribution in [0.25, 0.3) is 0 Å². The van der Waals surface area contributed by atoms with Gasteiger partial charge in [-0.15, -0.1) is 0 Å². The van der Waals surface area contributed by atoms with Crippen molar-refractivity contribution in [3.63, 3.8) is 0 Å². The lowest BCUT2D eigenvalue weighted by molar-refractivity contribution is -0.138. The Morgan fingerprint density at radius 1 is 1.31 bits per heavy atom. The standard InChI is InChI=1S/C11H11BrF3N/c12-10-4-1-7(6-16-8-2-3-8)5-9(10)11(13,14)15/h1,4-5,8,16H,2-3,6H2. The average Bonchev–Trinajstić information content (AvgIpc) is 2.98. The fraction of sp³-hybridized carbons (Fsp3) is 0.455. The number of hydrogen-bond acceptors (Lipinski definition) is 1. The van der Waals surface area contributed by atoms with Crippen molar-refractivity contribution in [2.75, 3.05) is 0 Å².